The molecule has 6 nitrogen and oxygen atoms in total. The Bertz CT molecular complexity index is 608. The Kier molecular flexibility index (Phi) is 6.04. The van der Waals surface area contributed by atoms with Crippen LogP contribution in [0.4, 0.5) is 4.79 Å². The molecule has 3 rings (SSSR count). The summed E-state index contributed by atoms with van der Waals surface area (Å²) in [5.41, 5.74) is -0.397. The second-order valence-electron chi connectivity index (χ2n) is 8.37. The Morgan fingerprint density at radius 3 is 2.59 bits per heavy atom. The Morgan fingerprint density at radius 1 is 1.30 bits per heavy atom. The number of aliphatic hydroxyl groups is 1. The first-order valence-corrected chi connectivity index (χ1v) is 10.0. The number of allylic oxidation sites excluding steroid dienone is 2. The van der Waals surface area contributed by atoms with Crippen molar-refractivity contribution in [3.63, 3.8) is 0 Å². The lowest BCUT2D eigenvalue weighted by molar-refractivity contribution is 0.0165. The van der Waals surface area contributed by atoms with Crippen molar-refractivity contribution in [1.29, 1.82) is 0 Å². The molecule has 0 bridgehead atoms. The maximum atomic E-state index is 12.1. The van der Waals surface area contributed by atoms with Crippen LogP contribution in [-0.4, -0.2) is 55.6 Å². The van der Waals surface area contributed by atoms with Gasteiger partial charge in [-0.15, -0.1) is 0 Å². The number of aliphatic hydroxyl groups excluding tert-OH is 1. The minimum Gasteiger partial charge on any atom is -0.493 e. The van der Waals surface area contributed by atoms with Crippen LogP contribution in [0.25, 0.3) is 0 Å². The van der Waals surface area contributed by atoms with Gasteiger partial charge in [-0.05, 0) is 63.0 Å². The van der Waals surface area contributed by atoms with E-state index >= 15 is 0 Å². The minimum atomic E-state index is -0.530. The maximum absolute atomic E-state index is 12.1. The molecule has 1 amide bonds. The highest BCUT2D eigenvalue weighted by Crippen LogP contribution is 2.46. The van der Waals surface area contributed by atoms with Gasteiger partial charge in [0.05, 0.1) is 26.4 Å². The highest BCUT2D eigenvalue weighted by atomic mass is 16.5. The van der Waals surface area contributed by atoms with Crippen molar-refractivity contribution in [1.82, 2.24) is 4.90 Å². The van der Waals surface area contributed by atoms with Crippen LogP contribution >= 0.6 is 0 Å². The van der Waals surface area contributed by atoms with Gasteiger partial charge >= 0.3 is 6.09 Å². The fraction of sp³-hybridized carbons (Fsp3) is 0.762. The molecular formula is C21H33NO5. The lowest BCUT2D eigenvalue weighted by Gasteiger charge is -2.38. The van der Waals surface area contributed by atoms with Crippen molar-refractivity contribution in [2.45, 2.75) is 58.2 Å². The van der Waals surface area contributed by atoms with Crippen molar-refractivity contribution >= 4 is 6.09 Å². The fourth-order valence-corrected chi connectivity index (χ4v) is 4.81. The molecule has 1 aliphatic heterocycles. The molecule has 1 heterocycles. The minimum absolute atomic E-state index is 0.119. The molecule has 1 N–H and O–H groups in total. The molecule has 0 radical (unpaired) electrons. The Labute approximate surface area is 162 Å². The number of nitrogens with zero attached hydrogens (tertiary/aromatic N) is 1. The van der Waals surface area contributed by atoms with Gasteiger partial charge in [0, 0.05) is 18.5 Å². The summed E-state index contributed by atoms with van der Waals surface area (Å²) in [4.78, 5) is 13.8. The summed E-state index contributed by atoms with van der Waals surface area (Å²) in [6.45, 7) is 4.94. The number of amides is 1. The average Bonchev–Trinajstić information content (AvgIpc) is 3.29. The monoisotopic (exact) mass is 379 g/mol. The van der Waals surface area contributed by atoms with Crippen LogP contribution in [0.5, 0.6) is 0 Å². The summed E-state index contributed by atoms with van der Waals surface area (Å²) in [5.74, 6) is 1.90. The second kappa shape index (κ2) is 8.13. The van der Waals surface area contributed by atoms with E-state index in [2.05, 4.69) is 19.1 Å². The predicted octanol–water partition coefficient (Wildman–Crippen LogP) is 3.47. The molecule has 1 saturated heterocycles. The number of hydrogen-bond acceptors (Lipinski definition) is 5. The van der Waals surface area contributed by atoms with Crippen LogP contribution in [0.15, 0.2) is 23.7 Å². The third kappa shape index (κ3) is 3.96. The summed E-state index contributed by atoms with van der Waals surface area (Å²) in [6.07, 6.45) is 9.04. The topological polar surface area (TPSA) is 68.2 Å². The first-order valence-electron chi connectivity index (χ1n) is 10.0. The standard InChI is InChI=1S/C21H33NO5/c1-14(23)21(2)13-22(20(24)26-4)12-17(21)15-9-10-18(25-3)19(11-15)27-16-7-5-6-8-16/h10-11,14-17,23H,5-9,12-13H2,1-4H3/t14-,15?,17+,21+/m0/s1. The molecule has 2 aliphatic carbocycles. The van der Waals surface area contributed by atoms with E-state index in [4.69, 9.17) is 14.2 Å². The summed E-state index contributed by atoms with van der Waals surface area (Å²) in [7, 11) is 3.07. The zero-order valence-electron chi connectivity index (χ0n) is 16.9. The van der Waals surface area contributed by atoms with E-state index in [9.17, 15) is 9.90 Å². The molecule has 0 aromatic heterocycles. The van der Waals surface area contributed by atoms with Crippen LogP contribution in [0, 0.1) is 17.3 Å². The number of hydrogen-bond donors (Lipinski definition) is 1. The number of ether oxygens (including phenoxy) is 3. The van der Waals surface area contributed by atoms with E-state index in [1.165, 1.54) is 20.0 Å². The zero-order chi connectivity index (χ0) is 19.6. The molecule has 1 unspecified atom stereocenters. The van der Waals surface area contributed by atoms with Crippen molar-refractivity contribution in [2.75, 3.05) is 27.3 Å². The van der Waals surface area contributed by atoms with Gasteiger partial charge in [-0.1, -0.05) is 6.92 Å². The van der Waals surface area contributed by atoms with Crippen LogP contribution in [0.3, 0.4) is 0 Å². The van der Waals surface area contributed by atoms with E-state index in [0.717, 1.165) is 30.8 Å². The van der Waals surface area contributed by atoms with E-state index < -0.39 is 11.5 Å². The van der Waals surface area contributed by atoms with Crippen molar-refractivity contribution < 1.29 is 24.1 Å². The Hall–Kier alpha value is -1.69. The molecule has 6 heteroatoms. The molecule has 0 aromatic rings. The van der Waals surface area contributed by atoms with Crippen molar-refractivity contribution in [2.24, 2.45) is 17.3 Å². The van der Waals surface area contributed by atoms with Gasteiger partial charge in [0.25, 0.3) is 0 Å². The van der Waals surface area contributed by atoms with E-state index in [1.54, 1.807) is 12.0 Å². The maximum Gasteiger partial charge on any atom is 0.409 e. The largest absolute Gasteiger partial charge is 0.493 e. The molecule has 0 aromatic carbocycles. The van der Waals surface area contributed by atoms with Gasteiger partial charge in [-0.3, -0.25) is 0 Å². The zero-order valence-corrected chi connectivity index (χ0v) is 16.9. The summed E-state index contributed by atoms with van der Waals surface area (Å²) < 4.78 is 16.7. The third-order valence-corrected chi connectivity index (χ3v) is 6.70. The third-order valence-electron chi connectivity index (χ3n) is 6.70. The molecule has 0 spiro atoms. The molecular weight excluding hydrogens is 346 g/mol. The summed E-state index contributed by atoms with van der Waals surface area (Å²) in [6, 6.07) is 0. The highest BCUT2D eigenvalue weighted by molar-refractivity contribution is 5.68. The van der Waals surface area contributed by atoms with Crippen LogP contribution in [0.1, 0.15) is 46.0 Å². The number of methoxy groups -OCH3 is 2. The van der Waals surface area contributed by atoms with Gasteiger partial charge in [-0.25, -0.2) is 4.79 Å². The predicted molar refractivity (Wildman–Crippen MR) is 102 cm³/mol. The Morgan fingerprint density at radius 2 is 2.00 bits per heavy atom. The smallest absolute Gasteiger partial charge is 0.409 e. The van der Waals surface area contributed by atoms with Crippen LogP contribution in [-0.2, 0) is 14.2 Å². The number of rotatable bonds is 5. The van der Waals surface area contributed by atoms with Crippen LogP contribution < -0.4 is 0 Å². The number of likely N-dealkylation sites (tertiary alicyclic amines) is 1. The molecule has 27 heavy (non-hydrogen) atoms. The van der Waals surface area contributed by atoms with Crippen LogP contribution in [0.2, 0.25) is 0 Å². The molecule has 3 aliphatic rings. The average molecular weight is 379 g/mol. The quantitative estimate of drug-likeness (QED) is 0.792. The molecule has 2 fully saturated rings. The van der Waals surface area contributed by atoms with E-state index in [1.807, 2.05) is 6.92 Å². The lowest BCUT2D eigenvalue weighted by Crippen LogP contribution is -2.41. The van der Waals surface area contributed by atoms with E-state index in [0.29, 0.717) is 13.1 Å². The Balaban J connectivity index is 1.83. The SMILES string of the molecule is COC(=O)N1C[C@H](C2C=C(OC3CCCC3)C(OC)=CC2)[C@@](C)([C@H](C)O)C1. The molecule has 1 saturated carbocycles. The second-order valence-corrected chi connectivity index (χ2v) is 8.37. The van der Waals surface area contributed by atoms with Gasteiger partial charge < -0.3 is 24.2 Å². The summed E-state index contributed by atoms with van der Waals surface area (Å²) in [5, 5.41) is 10.5. The van der Waals surface area contributed by atoms with Gasteiger partial charge in [0.1, 0.15) is 0 Å². The summed E-state index contributed by atoms with van der Waals surface area (Å²) >= 11 is 0. The number of carbonyl (C=O) groups is 1. The molecule has 152 valence electrons. The normalized spacial score (nSPS) is 32.7. The fourth-order valence-electron chi connectivity index (χ4n) is 4.81. The van der Waals surface area contributed by atoms with Crippen molar-refractivity contribution in [3.8, 4) is 0 Å². The van der Waals surface area contributed by atoms with Gasteiger partial charge in [-0.2, -0.15) is 0 Å². The number of carbonyl (C=O) groups excluding carboxylic acids is 1. The highest BCUT2D eigenvalue weighted by Gasteiger charge is 2.51. The first kappa shape index (κ1) is 20.1. The van der Waals surface area contributed by atoms with Gasteiger partial charge in [0.15, 0.2) is 11.5 Å². The molecule has 4 atom stereocenters. The van der Waals surface area contributed by atoms with E-state index in [-0.39, 0.29) is 24.0 Å². The van der Waals surface area contributed by atoms with Gasteiger partial charge in [0.2, 0.25) is 0 Å². The first-order chi connectivity index (χ1) is 12.9. The lowest BCUT2D eigenvalue weighted by atomic mass is 9.68. The van der Waals surface area contributed by atoms with Crippen molar-refractivity contribution in [3.05, 3.63) is 23.7 Å².